The molecule has 0 bridgehead atoms. The number of nitrogens with one attached hydrogen (secondary N) is 2. The molecule has 2 atom stereocenters. The molecule has 194 valence electrons. The highest BCUT2D eigenvalue weighted by molar-refractivity contribution is 7.18. The van der Waals surface area contributed by atoms with Crippen molar-refractivity contribution in [2.45, 2.75) is 50.4 Å². The number of amides is 2. The topological polar surface area (TPSA) is 97.8 Å². The molecular formula is C27H31N5O3S2. The van der Waals surface area contributed by atoms with Gasteiger partial charge in [-0.1, -0.05) is 24.3 Å². The van der Waals surface area contributed by atoms with Gasteiger partial charge in [0, 0.05) is 38.3 Å². The smallest absolute Gasteiger partial charge is 0.264 e. The van der Waals surface area contributed by atoms with Crippen LogP contribution in [0.3, 0.4) is 0 Å². The summed E-state index contributed by atoms with van der Waals surface area (Å²) in [6, 6.07) is 12.0. The number of anilines is 1. The minimum absolute atomic E-state index is 0.0104. The van der Waals surface area contributed by atoms with Crippen LogP contribution in [0, 0.1) is 0 Å². The molecule has 2 aromatic heterocycles. The zero-order valence-electron chi connectivity index (χ0n) is 20.6. The SMILES string of the molecule is O=C(Nc1ccc(C(=O)N2CC(c3ncc(-c4ccc(CN5CCCC5O)cc4)s3)C2)s1)[C@@H]1CCCN1. The van der Waals surface area contributed by atoms with E-state index in [1.54, 1.807) is 17.4 Å². The maximum absolute atomic E-state index is 12.9. The summed E-state index contributed by atoms with van der Waals surface area (Å²) in [4.78, 5) is 35.7. The highest BCUT2D eigenvalue weighted by atomic mass is 32.1. The Morgan fingerprint density at radius 1 is 1.08 bits per heavy atom. The minimum Gasteiger partial charge on any atom is -0.378 e. The van der Waals surface area contributed by atoms with Gasteiger partial charge >= 0.3 is 0 Å². The van der Waals surface area contributed by atoms with Gasteiger partial charge in [0.05, 0.1) is 25.8 Å². The minimum atomic E-state index is -0.320. The number of hydrogen-bond donors (Lipinski definition) is 3. The summed E-state index contributed by atoms with van der Waals surface area (Å²) in [7, 11) is 0. The fourth-order valence-corrected chi connectivity index (χ4v) is 7.09. The molecule has 3 saturated heterocycles. The molecule has 6 rings (SSSR count). The van der Waals surface area contributed by atoms with Gasteiger partial charge in [0.1, 0.15) is 6.23 Å². The quantitative estimate of drug-likeness (QED) is 0.425. The van der Waals surface area contributed by atoms with Crippen LogP contribution in [0.2, 0.25) is 0 Å². The first-order valence-corrected chi connectivity index (χ1v) is 14.6. The maximum atomic E-state index is 12.9. The molecule has 0 aliphatic carbocycles. The number of benzene rings is 1. The lowest BCUT2D eigenvalue weighted by molar-refractivity contribution is -0.117. The molecule has 37 heavy (non-hydrogen) atoms. The van der Waals surface area contributed by atoms with Crippen LogP contribution in [0.1, 0.15) is 51.8 Å². The van der Waals surface area contributed by atoms with E-state index in [0.717, 1.165) is 60.8 Å². The summed E-state index contributed by atoms with van der Waals surface area (Å²) >= 11 is 3.03. The van der Waals surface area contributed by atoms with Crippen LogP contribution >= 0.6 is 22.7 Å². The summed E-state index contributed by atoms with van der Waals surface area (Å²) in [5.74, 6) is 0.240. The van der Waals surface area contributed by atoms with Gasteiger partial charge in [-0.2, -0.15) is 0 Å². The lowest BCUT2D eigenvalue weighted by Gasteiger charge is -2.37. The molecule has 3 aliphatic rings. The third kappa shape index (κ3) is 5.35. The Kier molecular flexibility index (Phi) is 7.09. The Bertz CT molecular complexity index is 1260. The number of aromatic nitrogens is 1. The van der Waals surface area contributed by atoms with E-state index in [9.17, 15) is 14.7 Å². The fraction of sp³-hybridized carbons (Fsp3) is 0.444. The van der Waals surface area contributed by atoms with Crippen LogP contribution in [-0.4, -0.2) is 70.2 Å². The van der Waals surface area contributed by atoms with Crippen molar-refractivity contribution in [3.05, 3.63) is 58.0 Å². The average Bonchev–Trinajstić information content (AvgIpc) is 3.68. The van der Waals surface area contributed by atoms with Crippen LogP contribution in [0.15, 0.2) is 42.6 Å². The van der Waals surface area contributed by atoms with Crippen LogP contribution in [0.5, 0.6) is 0 Å². The monoisotopic (exact) mass is 537 g/mol. The van der Waals surface area contributed by atoms with E-state index in [-0.39, 0.29) is 30.0 Å². The molecule has 5 heterocycles. The number of carbonyl (C=O) groups excluding carboxylic acids is 2. The van der Waals surface area contributed by atoms with Gasteiger partial charge in [-0.3, -0.25) is 14.5 Å². The maximum Gasteiger partial charge on any atom is 0.264 e. The van der Waals surface area contributed by atoms with Crippen molar-refractivity contribution in [3.8, 4) is 10.4 Å². The van der Waals surface area contributed by atoms with Gasteiger partial charge in [-0.15, -0.1) is 22.7 Å². The number of thiophene rings is 1. The third-order valence-corrected chi connectivity index (χ3v) is 9.63. The van der Waals surface area contributed by atoms with E-state index in [1.165, 1.54) is 16.9 Å². The van der Waals surface area contributed by atoms with Gasteiger partial charge in [0.2, 0.25) is 5.91 Å². The van der Waals surface area contributed by atoms with E-state index in [2.05, 4.69) is 44.8 Å². The predicted octanol–water partition coefficient (Wildman–Crippen LogP) is 3.72. The zero-order valence-corrected chi connectivity index (χ0v) is 22.2. The van der Waals surface area contributed by atoms with Crippen molar-refractivity contribution in [1.82, 2.24) is 20.1 Å². The van der Waals surface area contributed by atoms with Crippen molar-refractivity contribution in [1.29, 1.82) is 0 Å². The van der Waals surface area contributed by atoms with Gasteiger partial charge in [-0.05, 0) is 55.5 Å². The summed E-state index contributed by atoms with van der Waals surface area (Å²) in [5.41, 5.74) is 2.34. The van der Waals surface area contributed by atoms with Crippen LogP contribution in [0.25, 0.3) is 10.4 Å². The summed E-state index contributed by atoms with van der Waals surface area (Å²) < 4.78 is 0. The number of rotatable bonds is 7. The van der Waals surface area contributed by atoms with Crippen molar-refractivity contribution in [3.63, 3.8) is 0 Å². The Morgan fingerprint density at radius 3 is 2.65 bits per heavy atom. The van der Waals surface area contributed by atoms with E-state index in [4.69, 9.17) is 0 Å². The Balaban J connectivity index is 1.01. The molecule has 3 fully saturated rings. The van der Waals surface area contributed by atoms with Crippen molar-refractivity contribution >= 4 is 39.5 Å². The molecule has 0 radical (unpaired) electrons. The van der Waals surface area contributed by atoms with Crippen LogP contribution in [0.4, 0.5) is 5.00 Å². The second-order valence-corrected chi connectivity index (χ2v) is 12.2. The summed E-state index contributed by atoms with van der Waals surface area (Å²) in [6.07, 6.45) is 5.39. The Hall–Kier alpha value is -2.63. The molecule has 3 N–H and O–H groups in total. The van der Waals surface area contributed by atoms with Gasteiger partial charge in [0.25, 0.3) is 5.91 Å². The highest BCUT2D eigenvalue weighted by Crippen LogP contribution is 2.36. The van der Waals surface area contributed by atoms with Crippen LogP contribution in [-0.2, 0) is 11.3 Å². The first-order chi connectivity index (χ1) is 18.0. The van der Waals surface area contributed by atoms with Crippen molar-refractivity contribution < 1.29 is 14.7 Å². The molecule has 0 saturated carbocycles. The molecule has 3 aromatic rings. The molecule has 2 amide bonds. The van der Waals surface area contributed by atoms with E-state index in [1.807, 2.05) is 17.2 Å². The van der Waals surface area contributed by atoms with Gasteiger partial charge in [-0.25, -0.2) is 4.98 Å². The van der Waals surface area contributed by atoms with E-state index < -0.39 is 0 Å². The Morgan fingerprint density at radius 2 is 1.92 bits per heavy atom. The van der Waals surface area contributed by atoms with E-state index >= 15 is 0 Å². The van der Waals surface area contributed by atoms with Crippen LogP contribution < -0.4 is 10.6 Å². The standard InChI is InChI=1S/C27H31N5O3S2/c33-24-4-2-12-31(24)14-17-5-7-18(8-6-17)22-13-29-26(37-22)19-15-32(16-19)27(35)21-9-10-23(36-21)30-25(34)20-3-1-11-28-20/h5-10,13,19-20,24,28,33H,1-4,11-12,14-16H2,(H,30,34)/t20-,24?/m0/s1. The van der Waals surface area contributed by atoms with Gasteiger partial charge in [0.15, 0.2) is 0 Å². The average molecular weight is 538 g/mol. The number of aliphatic hydroxyl groups excluding tert-OH is 1. The number of nitrogens with zero attached hydrogens (tertiary/aromatic N) is 3. The number of carbonyl (C=O) groups is 2. The highest BCUT2D eigenvalue weighted by Gasteiger charge is 2.35. The van der Waals surface area contributed by atoms with Gasteiger partial charge < -0.3 is 20.6 Å². The number of thiazole rings is 1. The molecule has 0 spiro atoms. The first kappa shape index (κ1) is 24.7. The molecule has 3 aliphatic heterocycles. The summed E-state index contributed by atoms with van der Waals surface area (Å²) in [6.45, 7) is 3.92. The molecular weight excluding hydrogens is 506 g/mol. The normalized spacial score (nSPS) is 22.4. The second kappa shape index (κ2) is 10.6. The lowest BCUT2D eigenvalue weighted by atomic mass is 10.0. The molecule has 10 heteroatoms. The second-order valence-electron chi connectivity index (χ2n) is 10.1. The third-order valence-electron chi connectivity index (χ3n) is 7.43. The molecule has 8 nitrogen and oxygen atoms in total. The molecule has 1 aromatic carbocycles. The molecule has 1 unspecified atom stereocenters. The fourth-order valence-electron chi connectivity index (χ4n) is 5.21. The summed E-state index contributed by atoms with van der Waals surface area (Å²) in [5, 5.41) is 17.9. The Labute approximate surface area is 224 Å². The number of aliphatic hydroxyl groups is 1. The number of hydrogen-bond acceptors (Lipinski definition) is 8. The largest absolute Gasteiger partial charge is 0.378 e. The lowest BCUT2D eigenvalue weighted by Crippen LogP contribution is -2.48. The first-order valence-electron chi connectivity index (χ1n) is 12.9. The zero-order chi connectivity index (χ0) is 25.4. The van der Waals surface area contributed by atoms with E-state index in [0.29, 0.717) is 23.0 Å². The predicted molar refractivity (Wildman–Crippen MR) is 146 cm³/mol. The van der Waals surface area contributed by atoms with Crippen molar-refractivity contribution in [2.75, 3.05) is 31.5 Å². The number of likely N-dealkylation sites (tertiary alicyclic amines) is 2. The van der Waals surface area contributed by atoms with Crippen molar-refractivity contribution in [2.24, 2.45) is 0 Å².